The van der Waals surface area contributed by atoms with Crippen LogP contribution in [-0.2, 0) is 21.7 Å². The number of hydrogen-bond acceptors (Lipinski definition) is 21. The van der Waals surface area contributed by atoms with Gasteiger partial charge in [-0.05, 0) is 113 Å². The summed E-state index contributed by atoms with van der Waals surface area (Å²) in [4.78, 5) is 31.6. The van der Waals surface area contributed by atoms with Crippen molar-refractivity contribution in [2.45, 2.75) is 231 Å². The number of oxazole rings is 1. The maximum atomic E-state index is 13.3. The monoisotopic (exact) mass is 1590 g/mol. The van der Waals surface area contributed by atoms with Crippen LogP contribution in [0, 0.1) is 121 Å². The van der Waals surface area contributed by atoms with Gasteiger partial charge in [0.25, 0.3) is 5.69 Å². The summed E-state index contributed by atoms with van der Waals surface area (Å²) in [6.07, 6.45) is 10.3. The second-order valence-corrected chi connectivity index (χ2v) is 32.7. The van der Waals surface area contributed by atoms with E-state index in [9.17, 15) is 36.5 Å². The summed E-state index contributed by atoms with van der Waals surface area (Å²) >= 11 is 13.0. The molecule has 21 nitrogen and oxygen atoms in total. The first-order valence-electron chi connectivity index (χ1n) is 35.4. The quantitative estimate of drug-likeness (QED) is 0.0357. The van der Waals surface area contributed by atoms with Gasteiger partial charge in [0.2, 0.25) is 5.89 Å². The smallest absolute Gasteiger partial charge is 0.329 e. The van der Waals surface area contributed by atoms with Crippen molar-refractivity contribution in [2.75, 3.05) is 13.1 Å². The first-order valence-corrected chi connectivity index (χ1v) is 36.9. The van der Waals surface area contributed by atoms with E-state index in [0.29, 0.717) is 39.8 Å². The van der Waals surface area contributed by atoms with E-state index in [0.717, 1.165) is 58.2 Å². The summed E-state index contributed by atoms with van der Waals surface area (Å²) < 4.78 is 96.4. The van der Waals surface area contributed by atoms with Crippen molar-refractivity contribution in [3.8, 4) is 30.5 Å². The van der Waals surface area contributed by atoms with Gasteiger partial charge in [-0.15, -0.1) is 5.10 Å². The number of nitriles is 5. The molecule has 598 valence electrons. The predicted molar refractivity (Wildman–Crippen MR) is 418 cm³/mol. The van der Waals surface area contributed by atoms with Gasteiger partial charge >= 0.3 is 17.7 Å². The molecule has 7 heterocycles. The van der Waals surface area contributed by atoms with Crippen molar-refractivity contribution in [3.63, 3.8) is 0 Å². The molecule has 1 saturated heterocycles. The molecule has 111 heavy (non-hydrogen) atoms. The third-order valence-electron chi connectivity index (χ3n) is 15.3. The number of benzene rings is 3. The molecular formula is C81H102Cl2F6N16O5S. The third kappa shape index (κ3) is 35.2. The number of aryl methyl sites for hydroxylation is 1. The highest BCUT2D eigenvalue weighted by molar-refractivity contribution is 7.05. The van der Waals surface area contributed by atoms with Crippen molar-refractivity contribution in [1.82, 2.24) is 49.5 Å². The minimum Gasteiger partial charge on any atom is -0.433 e. The first kappa shape index (κ1) is 98.8. The first-order chi connectivity index (χ1) is 51.4. The van der Waals surface area contributed by atoms with E-state index in [-0.39, 0.29) is 80.1 Å². The molecule has 10 rings (SSSR count). The largest absolute Gasteiger partial charge is 0.433 e. The zero-order valence-corrected chi connectivity index (χ0v) is 70.2. The van der Waals surface area contributed by atoms with Crippen LogP contribution in [0.4, 0.5) is 32.0 Å². The number of likely N-dealkylation sites (tertiary alicyclic amines) is 1. The fourth-order valence-electron chi connectivity index (χ4n) is 8.65. The van der Waals surface area contributed by atoms with E-state index < -0.39 is 39.7 Å². The summed E-state index contributed by atoms with van der Waals surface area (Å²) in [5.74, 6) is -1.21. The van der Waals surface area contributed by atoms with E-state index in [2.05, 4.69) is 118 Å². The summed E-state index contributed by atoms with van der Waals surface area (Å²) in [5, 5.41) is 65.9. The molecule has 1 aliphatic heterocycles. The van der Waals surface area contributed by atoms with Crippen LogP contribution in [0.2, 0.25) is 10.2 Å². The molecule has 3 aromatic carbocycles. The van der Waals surface area contributed by atoms with Crippen LogP contribution in [0.5, 0.6) is 0 Å². The molecule has 30 heteroatoms. The number of halogens is 8. The van der Waals surface area contributed by atoms with Crippen molar-refractivity contribution in [2.24, 2.45) is 11.8 Å². The number of aromatic nitrogens is 9. The molecule has 9 aromatic rings. The van der Waals surface area contributed by atoms with E-state index in [1.807, 2.05) is 131 Å². The standard InChI is InChI=1S/C10H10FN.C9H8F4.C9H10FNO2.2C8H10ClN.C8H10N2O.C8H14N2.2C7H9N3O.C7H12N2S/c1-7(2)9-5-3-4-8(6-12)10(9)11;1-4(2)7-8(12)5(10)3-6(11)9(7)13;1-6(2)8-5-7(11(12)13)3-4-9(8)10;1-6(2)7-5-10-4-3-8(7)9;1-6(2)7-3-4-8(9)10-5-7;1-8(2,3)6-5-10-7(4-9)11-6;1-7(2)8-3-4-10(5-8)6-9;1-7(2,3)6-10-9-5(4-8)11-6;1-7(2,3)6-9-5(4-8)11-10-6;1-5-8-6(9-10-5)7(2,3)4/h3-5,7H,1-2H3;3-4H,1-2H3;3-6H,1-2H3;2*3-6H,1-2H3;5H,1-3H3;7-8H,3-5H2,1-2H3;2*1-3H3;1-4H3. The average Bonchev–Trinajstić information content (AvgIpc) is 1.48. The Balaban J connectivity index is 0.000000617. The van der Waals surface area contributed by atoms with Crippen LogP contribution in [-0.4, -0.2) is 67.6 Å². The van der Waals surface area contributed by atoms with Gasteiger partial charge in [0.15, 0.2) is 53.5 Å². The maximum Gasteiger partial charge on any atom is 0.329 e. The average molecular weight is 1600 g/mol. The van der Waals surface area contributed by atoms with Gasteiger partial charge in [0.1, 0.15) is 39.4 Å². The predicted octanol–water partition coefficient (Wildman–Crippen LogP) is 22.7. The van der Waals surface area contributed by atoms with Crippen molar-refractivity contribution in [1.29, 1.82) is 26.3 Å². The number of rotatable bonds is 7. The van der Waals surface area contributed by atoms with Gasteiger partial charge < -0.3 is 18.3 Å². The lowest BCUT2D eigenvalue weighted by Crippen LogP contribution is -2.15. The summed E-state index contributed by atoms with van der Waals surface area (Å²) in [7, 11) is 0. The number of nitro benzene ring substituents is 1. The van der Waals surface area contributed by atoms with E-state index in [4.69, 9.17) is 58.3 Å². The Kier molecular flexibility index (Phi) is 41.4. The Morgan fingerprint density at radius 3 is 1.50 bits per heavy atom. The lowest BCUT2D eigenvalue weighted by atomic mass is 9.94. The molecule has 0 bridgehead atoms. The molecule has 1 fully saturated rings. The third-order valence-corrected chi connectivity index (χ3v) is 16.5. The van der Waals surface area contributed by atoms with Crippen LogP contribution >= 0.6 is 34.7 Å². The molecule has 0 aliphatic carbocycles. The van der Waals surface area contributed by atoms with Gasteiger partial charge in [-0.2, -0.15) is 35.7 Å². The van der Waals surface area contributed by atoms with Crippen LogP contribution in [0.15, 0.2) is 98.8 Å². The molecule has 0 saturated carbocycles. The fraction of sp³-hybridized carbons (Fsp3) is 0.481. The van der Waals surface area contributed by atoms with E-state index >= 15 is 0 Å². The Morgan fingerprint density at radius 2 is 1.16 bits per heavy atom. The van der Waals surface area contributed by atoms with Gasteiger partial charge in [-0.3, -0.25) is 15.1 Å². The fourth-order valence-corrected chi connectivity index (χ4v) is 9.75. The molecule has 0 spiro atoms. The SMILES string of the molecule is CC(C)(C)c1cnc(C#N)o1.CC(C)(C)c1nnc(C#N)o1.CC(C)(C)c1noc(C#N)n1.CC(C)C1CCN(C#N)C1.CC(C)c1c(F)c(F)cc(F)c1F.CC(C)c1cc([N+](=O)[O-])ccc1F.CC(C)c1ccc(Cl)nc1.CC(C)c1cccc(C#N)c1F.CC(C)c1cnccc1Cl.Cc1nc(C(C)(C)C)ns1. The molecule has 1 unspecified atom stereocenters. The van der Waals surface area contributed by atoms with Crippen molar-refractivity contribution in [3.05, 3.63) is 220 Å². The van der Waals surface area contributed by atoms with Crippen LogP contribution < -0.4 is 0 Å². The Bertz CT molecular complexity index is 4400. The Hall–Kier alpha value is -10.2. The Labute approximate surface area is 663 Å². The molecular weight excluding hydrogens is 1490 g/mol. The number of pyridine rings is 2. The normalized spacial score (nSPS) is 12.1. The van der Waals surface area contributed by atoms with E-state index in [1.54, 1.807) is 50.5 Å². The topological polar surface area (TPSA) is 321 Å². The highest BCUT2D eigenvalue weighted by Crippen LogP contribution is 2.30. The summed E-state index contributed by atoms with van der Waals surface area (Å²) in [6.45, 7) is 51.3. The molecule has 6 aromatic heterocycles. The van der Waals surface area contributed by atoms with Crippen LogP contribution in [0.1, 0.15) is 282 Å². The number of hydrogen-bond donors (Lipinski definition) is 0. The second-order valence-electron chi connectivity index (χ2n) is 30.9. The Morgan fingerprint density at radius 1 is 0.586 bits per heavy atom. The number of non-ortho nitro benzene ring substituents is 1. The van der Waals surface area contributed by atoms with E-state index in [1.165, 1.54) is 55.6 Å². The highest BCUT2D eigenvalue weighted by atomic mass is 35.5. The van der Waals surface area contributed by atoms with Gasteiger partial charge in [0.05, 0.1) is 16.7 Å². The lowest BCUT2D eigenvalue weighted by Gasteiger charge is -2.12. The van der Waals surface area contributed by atoms with Gasteiger partial charge in [-0.25, -0.2) is 41.3 Å². The number of nitro groups is 1. The zero-order chi connectivity index (χ0) is 85.2. The van der Waals surface area contributed by atoms with Crippen LogP contribution in [0.3, 0.4) is 0 Å². The zero-order valence-electron chi connectivity index (χ0n) is 67.9. The molecule has 1 aliphatic rings. The summed E-state index contributed by atoms with van der Waals surface area (Å²) in [6, 6.07) is 21.5. The second kappa shape index (κ2) is 46.5. The molecule has 0 amide bonds. The lowest BCUT2D eigenvalue weighted by molar-refractivity contribution is -0.385. The van der Waals surface area contributed by atoms with Crippen LogP contribution in [0.25, 0.3) is 0 Å². The molecule has 1 atom stereocenters. The van der Waals surface area contributed by atoms with Crippen molar-refractivity contribution >= 4 is 40.4 Å². The number of nitrogens with zero attached hydrogens (tertiary/aromatic N) is 16. The molecule has 0 radical (unpaired) electrons. The minimum absolute atomic E-state index is 0.0231. The molecule has 0 N–H and O–H groups in total. The van der Waals surface area contributed by atoms with Gasteiger partial charge in [0, 0.05) is 82.1 Å². The summed E-state index contributed by atoms with van der Waals surface area (Å²) in [5.41, 5.74) is 2.55. The van der Waals surface area contributed by atoms with Crippen molar-refractivity contribution < 1.29 is 44.6 Å². The minimum atomic E-state index is -1.36. The maximum absolute atomic E-state index is 13.3. The van der Waals surface area contributed by atoms with Gasteiger partial charge in [-0.1, -0.05) is 218 Å². The highest BCUT2D eigenvalue weighted by Gasteiger charge is 2.26.